The number of ether oxygens (including phenoxy) is 1. The van der Waals surface area contributed by atoms with Gasteiger partial charge in [0.05, 0.1) is 12.1 Å². The Labute approximate surface area is 149 Å². The van der Waals surface area contributed by atoms with E-state index in [4.69, 9.17) is 28.6 Å². The van der Waals surface area contributed by atoms with Gasteiger partial charge in [-0.3, -0.25) is 0 Å². The van der Waals surface area contributed by atoms with E-state index < -0.39 is 5.97 Å². The number of methoxy groups -OCH3 is 1. The molecule has 7 heteroatoms. The summed E-state index contributed by atoms with van der Waals surface area (Å²) >= 11 is 13.1. The summed E-state index contributed by atoms with van der Waals surface area (Å²) in [5.74, 6) is -0.408. The summed E-state index contributed by atoms with van der Waals surface area (Å²) in [6.07, 6.45) is 3.64. The maximum atomic E-state index is 11.7. The average molecular weight is 369 g/mol. The molecule has 0 spiro atoms. The third-order valence-electron chi connectivity index (χ3n) is 3.89. The van der Waals surface area contributed by atoms with Crippen molar-refractivity contribution in [1.82, 2.24) is 4.90 Å². The molecule has 1 saturated heterocycles. The van der Waals surface area contributed by atoms with Crippen LogP contribution < -0.4 is 5.32 Å². The maximum absolute atomic E-state index is 11.7. The number of benzene rings is 1. The summed E-state index contributed by atoms with van der Waals surface area (Å²) in [6, 6.07) is 5.80. The predicted molar refractivity (Wildman–Crippen MR) is 99.8 cm³/mol. The number of thiocarbonyl (C=S) groups is 1. The van der Waals surface area contributed by atoms with E-state index >= 15 is 0 Å². The van der Waals surface area contributed by atoms with Gasteiger partial charge in [0, 0.05) is 28.9 Å². The fraction of sp³-hybridized carbons (Fsp3) is 0.375. The lowest BCUT2D eigenvalue weighted by Gasteiger charge is -2.29. The highest BCUT2D eigenvalue weighted by atomic mass is 35.5. The molecule has 0 bridgehead atoms. The highest BCUT2D eigenvalue weighted by Crippen LogP contribution is 2.37. The number of likely N-dealkylation sites (tertiary alicyclic amines) is 1. The quantitative estimate of drug-likeness (QED) is 0.623. The molecule has 122 valence electrons. The molecule has 0 saturated carbocycles. The number of halogens is 1. The molecule has 1 aromatic carbocycles. The van der Waals surface area contributed by atoms with E-state index in [1.54, 1.807) is 0 Å². The van der Waals surface area contributed by atoms with Crippen molar-refractivity contribution in [2.75, 3.05) is 25.5 Å². The molecule has 0 atom stereocenters. The fourth-order valence-corrected chi connectivity index (χ4v) is 4.43. The smallest absolute Gasteiger partial charge is 0.349 e. The first-order valence-corrected chi connectivity index (χ1v) is 9.06. The molecule has 4 nitrogen and oxygen atoms in total. The molecule has 0 aliphatic carbocycles. The van der Waals surface area contributed by atoms with E-state index in [-0.39, 0.29) is 0 Å². The highest BCUT2D eigenvalue weighted by Gasteiger charge is 2.18. The second-order valence-corrected chi connectivity index (χ2v) is 7.24. The number of anilines is 1. The minimum atomic E-state index is -0.408. The monoisotopic (exact) mass is 368 g/mol. The predicted octanol–water partition coefficient (Wildman–Crippen LogP) is 4.52. The molecule has 1 aliphatic rings. The summed E-state index contributed by atoms with van der Waals surface area (Å²) in [6.45, 7) is 2.01. The molecule has 23 heavy (non-hydrogen) atoms. The Morgan fingerprint density at radius 3 is 2.78 bits per heavy atom. The Kier molecular flexibility index (Phi) is 5.04. The van der Waals surface area contributed by atoms with E-state index in [1.165, 1.54) is 37.7 Å². The van der Waals surface area contributed by atoms with Crippen molar-refractivity contribution < 1.29 is 9.53 Å². The van der Waals surface area contributed by atoms with Crippen molar-refractivity contribution in [2.45, 2.75) is 19.3 Å². The van der Waals surface area contributed by atoms with E-state index in [9.17, 15) is 4.79 Å². The number of carbonyl (C=O) groups is 1. The first-order chi connectivity index (χ1) is 11.1. The number of nitrogens with one attached hydrogen (secondary N) is 1. The molecular weight excluding hydrogens is 352 g/mol. The summed E-state index contributed by atoms with van der Waals surface area (Å²) in [4.78, 5) is 14.4. The van der Waals surface area contributed by atoms with Gasteiger partial charge in [0.25, 0.3) is 0 Å². The number of thiophene rings is 1. The summed E-state index contributed by atoms with van der Waals surface area (Å²) in [5.41, 5.74) is 0.905. The van der Waals surface area contributed by atoms with Gasteiger partial charge < -0.3 is 15.0 Å². The van der Waals surface area contributed by atoms with Gasteiger partial charge in [-0.2, -0.15) is 0 Å². The van der Waals surface area contributed by atoms with Crippen LogP contribution in [0.25, 0.3) is 10.1 Å². The second kappa shape index (κ2) is 7.03. The van der Waals surface area contributed by atoms with Crippen molar-refractivity contribution in [2.24, 2.45) is 0 Å². The lowest BCUT2D eigenvalue weighted by molar-refractivity contribution is 0.0606. The molecule has 1 aliphatic heterocycles. The summed E-state index contributed by atoms with van der Waals surface area (Å²) < 4.78 is 5.70. The van der Waals surface area contributed by atoms with Crippen molar-refractivity contribution in [3.8, 4) is 0 Å². The molecule has 2 aromatic rings. The molecule has 3 rings (SSSR count). The number of hydrogen-bond donors (Lipinski definition) is 1. The minimum Gasteiger partial charge on any atom is -0.465 e. The van der Waals surface area contributed by atoms with Gasteiger partial charge in [0.15, 0.2) is 5.11 Å². The van der Waals surface area contributed by atoms with Crippen LogP contribution in [0.15, 0.2) is 18.2 Å². The SMILES string of the molecule is COC(=O)c1sc2cc(NC(=S)N3CCCCC3)ccc2c1Cl. The van der Waals surface area contributed by atoms with Crippen LogP contribution in [0.3, 0.4) is 0 Å². The molecule has 2 heterocycles. The lowest BCUT2D eigenvalue weighted by Crippen LogP contribution is -2.38. The van der Waals surface area contributed by atoms with Crippen LogP contribution >= 0.6 is 35.2 Å². The van der Waals surface area contributed by atoms with E-state index in [0.29, 0.717) is 9.90 Å². The first-order valence-electron chi connectivity index (χ1n) is 7.46. The van der Waals surface area contributed by atoms with Gasteiger partial charge in [-0.1, -0.05) is 11.6 Å². The number of esters is 1. The Hall–Kier alpha value is -1.37. The summed E-state index contributed by atoms with van der Waals surface area (Å²) in [5, 5.41) is 5.33. The van der Waals surface area contributed by atoms with Crippen LogP contribution in [0, 0.1) is 0 Å². The highest BCUT2D eigenvalue weighted by molar-refractivity contribution is 7.80. The van der Waals surface area contributed by atoms with Crippen LogP contribution in [0.1, 0.15) is 28.9 Å². The Balaban J connectivity index is 1.82. The largest absolute Gasteiger partial charge is 0.465 e. The van der Waals surface area contributed by atoms with Crippen LogP contribution in [0.4, 0.5) is 5.69 Å². The maximum Gasteiger partial charge on any atom is 0.349 e. The van der Waals surface area contributed by atoms with Gasteiger partial charge in [0.2, 0.25) is 0 Å². The van der Waals surface area contributed by atoms with Gasteiger partial charge in [-0.25, -0.2) is 4.79 Å². The van der Waals surface area contributed by atoms with E-state index in [2.05, 4.69) is 10.2 Å². The summed E-state index contributed by atoms with van der Waals surface area (Å²) in [7, 11) is 1.35. The Morgan fingerprint density at radius 1 is 1.35 bits per heavy atom. The molecule has 1 N–H and O–H groups in total. The number of fused-ring (bicyclic) bond motifs is 1. The van der Waals surface area contributed by atoms with Gasteiger partial charge >= 0.3 is 5.97 Å². The zero-order valence-corrected chi connectivity index (χ0v) is 15.1. The zero-order chi connectivity index (χ0) is 16.4. The van der Waals surface area contributed by atoms with Crippen LogP contribution in [-0.2, 0) is 4.74 Å². The molecule has 1 fully saturated rings. The standard InChI is InChI=1S/C16H17ClN2O2S2/c1-21-15(20)14-13(17)11-6-5-10(9-12(11)23-14)18-16(22)19-7-3-2-4-8-19/h5-6,9H,2-4,7-8H2,1H3,(H,18,22). The lowest BCUT2D eigenvalue weighted by atomic mass is 10.1. The normalized spacial score (nSPS) is 14.8. The third-order valence-corrected chi connectivity index (χ3v) is 5.89. The Morgan fingerprint density at radius 2 is 2.09 bits per heavy atom. The first kappa shape index (κ1) is 16.5. The second-order valence-electron chi connectivity index (χ2n) is 5.43. The van der Waals surface area contributed by atoms with Crippen molar-refractivity contribution in [1.29, 1.82) is 0 Å². The number of nitrogens with zero attached hydrogens (tertiary/aromatic N) is 1. The van der Waals surface area contributed by atoms with Crippen LogP contribution in [0.5, 0.6) is 0 Å². The number of carbonyl (C=O) groups excluding carboxylic acids is 1. The topological polar surface area (TPSA) is 41.6 Å². The van der Waals surface area contributed by atoms with Crippen molar-refractivity contribution in [3.63, 3.8) is 0 Å². The van der Waals surface area contributed by atoms with Gasteiger partial charge in [-0.05, 0) is 49.7 Å². The average Bonchev–Trinajstić information content (AvgIpc) is 2.91. The molecule has 0 amide bonds. The molecule has 1 aromatic heterocycles. The van der Waals surface area contributed by atoms with E-state index in [1.807, 2.05) is 18.2 Å². The third kappa shape index (κ3) is 3.44. The fourth-order valence-electron chi connectivity index (χ4n) is 2.67. The van der Waals surface area contributed by atoms with Gasteiger partial charge in [0.1, 0.15) is 4.88 Å². The Bertz CT molecular complexity index is 754. The number of piperidine rings is 1. The minimum absolute atomic E-state index is 0.408. The van der Waals surface area contributed by atoms with Crippen molar-refractivity contribution >= 4 is 62.0 Å². The molecule has 0 unspecified atom stereocenters. The van der Waals surface area contributed by atoms with Gasteiger partial charge in [-0.15, -0.1) is 11.3 Å². The molecule has 0 radical (unpaired) electrons. The van der Waals surface area contributed by atoms with Crippen molar-refractivity contribution in [3.05, 3.63) is 28.1 Å². The number of rotatable bonds is 2. The van der Waals surface area contributed by atoms with E-state index in [0.717, 1.165) is 34.0 Å². The zero-order valence-electron chi connectivity index (χ0n) is 12.7. The van der Waals surface area contributed by atoms with Crippen LogP contribution in [-0.4, -0.2) is 36.2 Å². The molecular formula is C16H17ClN2O2S2. The van der Waals surface area contributed by atoms with Crippen LogP contribution in [0.2, 0.25) is 5.02 Å². The number of hydrogen-bond acceptors (Lipinski definition) is 4.